The van der Waals surface area contributed by atoms with Crippen molar-refractivity contribution < 1.29 is 40.0 Å². The largest absolute Gasteiger partial charge is 0.522 e. The van der Waals surface area contributed by atoms with Gasteiger partial charge in [-0.15, -0.1) is 13.2 Å². The molecule has 1 aliphatic carbocycles. The van der Waals surface area contributed by atoms with E-state index in [9.17, 15) is 26.4 Å². The van der Waals surface area contributed by atoms with Crippen LogP contribution in [0.2, 0.25) is 0 Å². The van der Waals surface area contributed by atoms with Crippen molar-refractivity contribution in [2.45, 2.75) is 36.1 Å². The maximum Gasteiger partial charge on any atom is 0.522 e. The van der Waals surface area contributed by atoms with E-state index in [4.69, 9.17) is 4.74 Å². The van der Waals surface area contributed by atoms with Crippen molar-refractivity contribution in [1.29, 1.82) is 0 Å². The average molecular weight is 553 g/mol. The normalized spacial score (nSPS) is 17.8. The second-order valence-corrected chi connectivity index (χ2v) is 10.3. The summed E-state index contributed by atoms with van der Waals surface area (Å²) in [5, 5.41) is 3.87. The minimum Gasteiger partial charge on any atom is -0.495 e. The first-order valence-electron chi connectivity index (χ1n) is 11.2. The van der Waals surface area contributed by atoms with E-state index in [1.54, 1.807) is 0 Å². The van der Waals surface area contributed by atoms with Crippen molar-refractivity contribution in [2.24, 2.45) is 0 Å². The number of anilines is 1. The predicted molar refractivity (Wildman–Crippen MR) is 126 cm³/mol. The summed E-state index contributed by atoms with van der Waals surface area (Å²) >= 11 is 0. The van der Waals surface area contributed by atoms with Crippen LogP contribution in [0.25, 0.3) is 16.6 Å². The third-order valence-electron chi connectivity index (χ3n) is 6.23. The molecule has 14 heteroatoms. The lowest BCUT2D eigenvalue weighted by atomic mass is 9.77. The van der Waals surface area contributed by atoms with Crippen LogP contribution in [-0.4, -0.2) is 37.7 Å². The third kappa shape index (κ3) is 4.96. The molecule has 1 aliphatic rings. The number of methoxy groups -OCH3 is 1. The number of halogens is 4. The van der Waals surface area contributed by atoms with E-state index in [2.05, 4.69) is 19.1 Å². The van der Waals surface area contributed by atoms with Gasteiger partial charge in [0.05, 0.1) is 29.3 Å². The van der Waals surface area contributed by atoms with Gasteiger partial charge in [0.2, 0.25) is 0 Å². The van der Waals surface area contributed by atoms with Gasteiger partial charge in [0.1, 0.15) is 17.8 Å². The number of ether oxygens (including phenoxy) is 2. The molecule has 2 aromatic carbocycles. The highest BCUT2D eigenvalue weighted by atomic mass is 32.2. The molecule has 0 amide bonds. The molecule has 9 nitrogen and oxygen atoms in total. The van der Waals surface area contributed by atoms with Crippen molar-refractivity contribution in [3.8, 4) is 11.4 Å². The first-order valence-corrected chi connectivity index (χ1v) is 12.6. The Labute approximate surface area is 212 Å². The van der Waals surface area contributed by atoms with Gasteiger partial charge < -0.3 is 9.26 Å². The minimum atomic E-state index is -4.77. The number of hydrogen-bond acceptors (Lipinski definition) is 7. The van der Waals surface area contributed by atoms with Crippen LogP contribution in [0.4, 0.5) is 23.4 Å². The Kier molecular flexibility index (Phi) is 6.39. The topological polar surface area (TPSA) is 113 Å². The predicted octanol–water partition coefficient (Wildman–Crippen LogP) is 4.71. The molecule has 5 rings (SSSR count). The molecule has 0 saturated heterocycles. The van der Waals surface area contributed by atoms with Crippen LogP contribution >= 0.6 is 0 Å². The summed E-state index contributed by atoms with van der Waals surface area (Å²) in [5.41, 5.74) is -0.0801. The van der Waals surface area contributed by atoms with E-state index < -0.39 is 39.8 Å². The summed E-state index contributed by atoms with van der Waals surface area (Å²) in [7, 11) is -2.72. The van der Waals surface area contributed by atoms with Crippen LogP contribution < -0.4 is 15.0 Å². The lowest BCUT2D eigenvalue weighted by Gasteiger charge is -2.36. The fraction of sp³-hybridized carbons (Fsp3) is 0.250. The first kappa shape index (κ1) is 25.7. The number of pyridine rings is 1. The SMILES string of the molecule is COc1cc(C2CC(OC(F)(F)F)C2)c(F)cc1-n1c(=O)ccc2cc(S(=O)(=O)Nc3ccon3)ccc21. The Balaban J connectivity index is 1.51. The molecule has 1 saturated carbocycles. The van der Waals surface area contributed by atoms with Gasteiger partial charge in [0.25, 0.3) is 15.6 Å². The van der Waals surface area contributed by atoms with Gasteiger partial charge in [-0.05, 0) is 54.7 Å². The summed E-state index contributed by atoms with van der Waals surface area (Å²) < 4.78 is 95.4. The van der Waals surface area contributed by atoms with Gasteiger partial charge in [-0.25, -0.2) is 12.8 Å². The maximum atomic E-state index is 15.2. The molecule has 0 aliphatic heterocycles. The number of fused-ring (bicyclic) bond motifs is 1. The lowest BCUT2D eigenvalue weighted by molar-refractivity contribution is -0.351. The molecule has 1 fully saturated rings. The van der Waals surface area contributed by atoms with Crippen LogP contribution in [-0.2, 0) is 14.8 Å². The van der Waals surface area contributed by atoms with Crippen molar-refractivity contribution in [1.82, 2.24) is 9.72 Å². The molecule has 0 spiro atoms. The van der Waals surface area contributed by atoms with Crippen molar-refractivity contribution in [3.63, 3.8) is 0 Å². The number of alkyl halides is 3. The molecule has 0 bridgehead atoms. The molecule has 0 unspecified atom stereocenters. The van der Waals surface area contributed by atoms with Crippen molar-refractivity contribution in [3.05, 3.63) is 76.5 Å². The molecule has 2 aromatic heterocycles. The summed E-state index contributed by atoms with van der Waals surface area (Å²) in [4.78, 5) is 12.8. The number of nitrogens with one attached hydrogen (secondary N) is 1. The molecule has 2 heterocycles. The van der Waals surface area contributed by atoms with Crippen LogP contribution in [0.5, 0.6) is 5.75 Å². The number of aromatic nitrogens is 2. The summed E-state index contributed by atoms with van der Waals surface area (Å²) in [6.07, 6.45) is -4.67. The molecule has 1 N–H and O–H groups in total. The molecular weight excluding hydrogens is 534 g/mol. The number of sulfonamides is 1. The summed E-state index contributed by atoms with van der Waals surface area (Å²) in [6, 6.07) is 10.4. The van der Waals surface area contributed by atoms with Gasteiger partial charge in [-0.1, -0.05) is 5.16 Å². The van der Waals surface area contributed by atoms with Crippen LogP contribution in [0.15, 0.2) is 69.0 Å². The highest BCUT2D eigenvalue weighted by Gasteiger charge is 2.41. The maximum absolute atomic E-state index is 15.2. The average Bonchev–Trinajstić information content (AvgIpc) is 3.33. The monoisotopic (exact) mass is 553 g/mol. The van der Waals surface area contributed by atoms with E-state index in [1.807, 2.05) is 0 Å². The second-order valence-electron chi connectivity index (χ2n) is 8.62. The van der Waals surface area contributed by atoms with Crippen LogP contribution in [0.3, 0.4) is 0 Å². The standard InChI is InChI=1S/C24H19F4N3O6S/c1-35-21-11-17(14-8-15(9-14)37-24(26,27)28)18(25)12-20(21)31-19-4-3-16(10-13(19)2-5-23(31)32)38(33,34)30-22-6-7-36-29-22/h2-7,10-12,14-15H,8-9H2,1H3,(H,29,30). The number of nitrogens with zero attached hydrogens (tertiary/aromatic N) is 2. The highest BCUT2D eigenvalue weighted by molar-refractivity contribution is 7.92. The lowest BCUT2D eigenvalue weighted by Crippen LogP contribution is -2.35. The first-order chi connectivity index (χ1) is 17.9. The van der Waals surface area contributed by atoms with E-state index in [1.165, 1.54) is 60.4 Å². The Morgan fingerprint density at radius 3 is 2.53 bits per heavy atom. The molecular formula is C24H19F4N3O6S. The van der Waals surface area contributed by atoms with Crippen molar-refractivity contribution >= 4 is 26.7 Å². The molecule has 4 aromatic rings. The fourth-order valence-electron chi connectivity index (χ4n) is 4.42. The Morgan fingerprint density at radius 2 is 1.87 bits per heavy atom. The van der Waals surface area contributed by atoms with E-state index in [0.717, 1.165) is 6.07 Å². The van der Waals surface area contributed by atoms with Gasteiger partial charge in [0, 0.05) is 23.6 Å². The smallest absolute Gasteiger partial charge is 0.495 e. The summed E-state index contributed by atoms with van der Waals surface area (Å²) in [5.74, 6) is -1.14. The number of rotatable bonds is 7. The molecule has 0 atom stereocenters. The van der Waals surface area contributed by atoms with Gasteiger partial charge in [-0.3, -0.25) is 18.8 Å². The Bertz CT molecular complexity index is 1660. The Hall–Kier alpha value is -3.91. The summed E-state index contributed by atoms with van der Waals surface area (Å²) in [6.45, 7) is 0. The van der Waals surface area contributed by atoms with Crippen LogP contribution in [0.1, 0.15) is 24.3 Å². The number of hydrogen-bond donors (Lipinski definition) is 1. The van der Waals surface area contributed by atoms with Gasteiger partial charge >= 0.3 is 6.36 Å². The minimum absolute atomic E-state index is 0.0156. The third-order valence-corrected chi connectivity index (χ3v) is 7.58. The van der Waals surface area contributed by atoms with Crippen molar-refractivity contribution in [2.75, 3.05) is 11.8 Å². The van der Waals surface area contributed by atoms with Gasteiger partial charge in [-0.2, -0.15) is 0 Å². The Morgan fingerprint density at radius 1 is 1.11 bits per heavy atom. The molecule has 0 radical (unpaired) electrons. The fourth-order valence-corrected chi connectivity index (χ4v) is 5.44. The zero-order chi connectivity index (χ0) is 27.2. The van der Waals surface area contributed by atoms with E-state index in [0.29, 0.717) is 5.39 Å². The highest BCUT2D eigenvalue weighted by Crippen LogP contribution is 2.44. The molecule has 38 heavy (non-hydrogen) atoms. The number of benzene rings is 2. The quantitative estimate of drug-likeness (QED) is 0.330. The molecule has 200 valence electrons. The van der Waals surface area contributed by atoms with Gasteiger partial charge in [0.15, 0.2) is 5.82 Å². The van der Waals surface area contributed by atoms with Crippen LogP contribution in [0, 0.1) is 5.82 Å². The second kappa shape index (κ2) is 9.44. The zero-order valence-electron chi connectivity index (χ0n) is 19.5. The van der Waals surface area contributed by atoms with E-state index >= 15 is 4.39 Å². The zero-order valence-corrected chi connectivity index (χ0v) is 20.3. The van der Waals surface area contributed by atoms with E-state index in [-0.39, 0.29) is 46.1 Å².